The highest BCUT2D eigenvalue weighted by atomic mass is 16.3. The fourth-order valence-electron chi connectivity index (χ4n) is 10.6. The van der Waals surface area contributed by atoms with Gasteiger partial charge in [0.25, 0.3) is 0 Å². The van der Waals surface area contributed by atoms with Gasteiger partial charge in [0.15, 0.2) is 5.84 Å². The van der Waals surface area contributed by atoms with E-state index in [9.17, 15) is 0 Å². The van der Waals surface area contributed by atoms with Gasteiger partial charge >= 0.3 is 0 Å². The normalized spacial score (nSPS) is 13.9. The van der Waals surface area contributed by atoms with Crippen molar-refractivity contribution < 1.29 is 4.42 Å². The molecule has 324 valence electrons. The lowest BCUT2D eigenvalue weighted by atomic mass is 9.92. The largest absolute Gasteiger partial charge is 0.456 e. The Hall–Kier alpha value is -9.26. The molecule has 0 aliphatic carbocycles. The van der Waals surface area contributed by atoms with E-state index in [0.29, 0.717) is 5.84 Å². The zero-order valence-electron chi connectivity index (χ0n) is 37.3. The van der Waals surface area contributed by atoms with E-state index in [0.717, 1.165) is 89.1 Å². The van der Waals surface area contributed by atoms with Gasteiger partial charge in [-0.3, -0.25) is 0 Å². The van der Waals surface area contributed by atoms with Gasteiger partial charge in [-0.05, 0) is 71.8 Å². The van der Waals surface area contributed by atoms with Gasteiger partial charge in [-0.15, -0.1) is 0 Å². The first-order chi connectivity index (χ1) is 34.2. The van der Waals surface area contributed by atoms with Crippen LogP contribution in [-0.2, 0) is 0 Å². The first kappa shape index (κ1) is 39.0. The molecule has 0 fully saturated rings. The second-order valence-electron chi connectivity index (χ2n) is 17.8. The molecule has 0 bridgehead atoms. The number of para-hydroxylation sites is 4. The van der Waals surface area contributed by atoms with Crippen LogP contribution in [0.3, 0.4) is 0 Å². The molecule has 1 unspecified atom stereocenters. The Morgan fingerprint density at radius 3 is 1.52 bits per heavy atom. The lowest BCUT2D eigenvalue weighted by Gasteiger charge is -2.25. The fourth-order valence-corrected chi connectivity index (χ4v) is 10.6. The van der Waals surface area contributed by atoms with Crippen LogP contribution < -0.4 is 5.32 Å². The zero-order chi connectivity index (χ0) is 45.4. The third-order valence-corrected chi connectivity index (χ3v) is 13.8. The Bertz CT molecular complexity index is 4140. The van der Waals surface area contributed by atoms with E-state index in [1.54, 1.807) is 0 Å². The molecule has 10 aromatic carbocycles. The molecule has 4 heterocycles. The van der Waals surface area contributed by atoms with Crippen molar-refractivity contribution in [3.63, 3.8) is 0 Å². The molecule has 69 heavy (non-hydrogen) atoms. The van der Waals surface area contributed by atoms with Crippen LogP contribution in [0, 0.1) is 0 Å². The van der Waals surface area contributed by atoms with Crippen LogP contribution >= 0.6 is 0 Å². The molecule has 14 rings (SSSR count). The Morgan fingerprint density at radius 1 is 0.377 bits per heavy atom. The number of aliphatic imine (C=N–C) groups is 2. The highest BCUT2D eigenvalue weighted by molar-refractivity contribution is 6.20. The molecule has 0 spiro atoms. The number of hydrogen-bond donors (Lipinski definition) is 1. The van der Waals surface area contributed by atoms with E-state index >= 15 is 0 Å². The van der Waals surface area contributed by atoms with Crippen molar-refractivity contribution in [2.45, 2.75) is 6.17 Å². The fraction of sp³-hybridized carbons (Fsp3) is 0.0159. The van der Waals surface area contributed by atoms with Crippen molar-refractivity contribution in [3.8, 4) is 33.6 Å². The standard InChI is InChI=1S/C63H41N5O/c1-5-19-40(20-6-1)50-35-44(63-65-61(42-23-9-3-10-24-42)64-62(66-63)43-33-34-49-48-29-15-18-32-58(48)69-59(49)37-43)36-51(41-21-7-2-8-22-41)60(50)68-55-31-17-14-28-47(55)53-38-56-52(39-57(53)68)46-27-13-16-30-54(46)67(56)45-25-11-4-12-26-45/h1-39,62H,(H,64,65,66). The topological polar surface area (TPSA) is 59.8 Å². The van der Waals surface area contributed by atoms with Gasteiger partial charge in [-0.1, -0.05) is 176 Å². The summed E-state index contributed by atoms with van der Waals surface area (Å²) in [6, 6.07) is 84.2. The summed E-state index contributed by atoms with van der Waals surface area (Å²) in [5, 5.41) is 10.7. The number of fused-ring (bicyclic) bond motifs is 9. The minimum absolute atomic E-state index is 0.442. The quantitative estimate of drug-likeness (QED) is 0.173. The molecule has 1 N–H and O–H groups in total. The van der Waals surface area contributed by atoms with Gasteiger partial charge in [0.1, 0.15) is 23.2 Å². The van der Waals surface area contributed by atoms with Crippen LogP contribution in [0.15, 0.2) is 251 Å². The van der Waals surface area contributed by atoms with Crippen LogP contribution in [0.1, 0.15) is 22.9 Å². The molecule has 1 atom stereocenters. The van der Waals surface area contributed by atoms with E-state index < -0.39 is 6.17 Å². The van der Waals surface area contributed by atoms with E-state index in [-0.39, 0.29) is 0 Å². The number of benzene rings is 10. The third kappa shape index (κ3) is 6.34. The number of rotatable bonds is 7. The number of hydrogen-bond acceptors (Lipinski definition) is 4. The highest BCUT2D eigenvalue weighted by Gasteiger charge is 2.27. The smallest absolute Gasteiger partial charge is 0.159 e. The third-order valence-electron chi connectivity index (χ3n) is 13.8. The van der Waals surface area contributed by atoms with Crippen LogP contribution in [-0.4, -0.2) is 20.8 Å². The molecule has 13 aromatic rings. The summed E-state index contributed by atoms with van der Waals surface area (Å²) in [5.74, 6) is 1.39. The minimum atomic E-state index is -0.442. The summed E-state index contributed by atoms with van der Waals surface area (Å²) in [6.07, 6.45) is -0.442. The van der Waals surface area contributed by atoms with Crippen LogP contribution in [0.5, 0.6) is 0 Å². The summed E-state index contributed by atoms with van der Waals surface area (Å²) < 4.78 is 11.3. The highest BCUT2D eigenvalue weighted by Crippen LogP contribution is 2.45. The second kappa shape index (κ2) is 15.7. The summed E-state index contributed by atoms with van der Waals surface area (Å²) >= 11 is 0. The molecule has 0 saturated heterocycles. The molecular weight excluding hydrogens is 843 g/mol. The number of amidine groups is 2. The first-order valence-corrected chi connectivity index (χ1v) is 23.4. The summed E-state index contributed by atoms with van der Waals surface area (Å²) in [6.45, 7) is 0. The molecule has 1 aliphatic heterocycles. The molecule has 0 amide bonds. The van der Waals surface area contributed by atoms with Crippen LogP contribution in [0.2, 0.25) is 0 Å². The molecule has 0 saturated carbocycles. The Kier molecular flexibility index (Phi) is 8.86. The van der Waals surface area contributed by atoms with Crippen molar-refractivity contribution >= 4 is 77.2 Å². The predicted octanol–water partition coefficient (Wildman–Crippen LogP) is 15.6. The predicted molar refractivity (Wildman–Crippen MR) is 285 cm³/mol. The van der Waals surface area contributed by atoms with Gasteiger partial charge < -0.3 is 18.9 Å². The Balaban J connectivity index is 1.05. The van der Waals surface area contributed by atoms with Gasteiger partial charge in [0.2, 0.25) is 0 Å². The van der Waals surface area contributed by atoms with Crippen LogP contribution in [0.25, 0.3) is 99.2 Å². The monoisotopic (exact) mass is 883 g/mol. The summed E-state index contributed by atoms with van der Waals surface area (Å²) in [7, 11) is 0. The summed E-state index contributed by atoms with van der Waals surface area (Å²) in [4.78, 5) is 10.8. The summed E-state index contributed by atoms with van der Waals surface area (Å²) in [5.41, 5.74) is 15.7. The molecule has 3 aromatic heterocycles. The van der Waals surface area contributed by atoms with Gasteiger partial charge in [-0.25, -0.2) is 9.98 Å². The lowest BCUT2D eigenvalue weighted by Crippen LogP contribution is -2.33. The van der Waals surface area contributed by atoms with Crippen molar-refractivity contribution in [2.24, 2.45) is 9.98 Å². The van der Waals surface area contributed by atoms with E-state index in [1.807, 2.05) is 18.2 Å². The second-order valence-corrected chi connectivity index (χ2v) is 17.8. The van der Waals surface area contributed by atoms with Gasteiger partial charge in [0.05, 0.1) is 27.8 Å². The number of nitrogens with zero attached hydrogens (tertiary/aromatic N) is 4. The zero-order valence-corrected chi connectivity index (χ0v) is 37.3. The minimum Gasteiger partial charge on any atom is -0.456 e. The SMILES string of the molecule is c1ccc(C2=NC(c3cc(-c4ccccc4)c(-n4c5ccccc5c5cc6c(cc54)c4ccccc4n6-c4ccccc4)c(-c4ccccc4)c3)=NC(c3ccc4c(c3)oc3ccccc34)N2)cc1. The molecule has 6 heteroatoms. The average molecular weight is 884 g/mol. The Morgan fingerprint density at radius 2 is 0.884 bits per heavy atom. The first-order valence-electron chi connectivity index (χ1n) is 23.4. The van der Waals surface area contributed by atoms with Crippen molar-refractivity contribution in [3.05, 3.63) is 253 Å². The average Bonchev–Trinajstić information content (AvgIpc) is 4.07. The van der Waals surface area contributed by atoms with Crippen molar-refractivity contribution in [1.29, 1.82) is 0 Å². The lowest BCUT2D eigenvalue weighted by molar-refractivity contribution is 0.655. The van der Waals surface area contributed by atoms with E-state index in [4.69, 9.17) is 14.4 Å². The maximum atomic E-state index is 6.40. The molecule has 0 radical (unpaired) electrons. The number of furan rings is 1. The number of aromatic nitrogens is 2. The van der Waals surface area contributed by atoms with Gasteiger partial charge in [0, 0.05) is 65.8 Å². The van der Waals surface area contributed by atoms with Gasteiger partial charge in [-0.2, -0.15) is 0 Å². The van der Waals surface area contributed by atoms with Crippen molar-refractivity contribution in [1.82, 2.24) is 14.5 Å². The maximum absolute atomic E-state index is 6.40. The molecular formula is C63H41N5O. The number of nitrogens with one attached hydrogen (secondary N) is 1. The van der Waals surface area contributed by atoms with Crippen molar-refractivity contribution in [2.75, 3.05) is 0 Å². The van der Waals surface area contributed by atoms with Crippen LogP contribution in [0.4, 0.5) is 0 Å². The Labute approximate surface area is 397 Å². The van der Waals surface area contributed by atoms with E-state index in [2.05, 4.69) is 233 Å². The van der Waals surface area contributed by atoms with E-state index in [1.165, 1.54) is 32.6 Å². The molecule has 6 nitrogen and oxygen atoms in total. The maximum Gasteiger partial charge on any atom is 0.159 e. The molecule has 1 aliphatic rings.